The van der Waals surface area contributed by atoms with E-state index in [1.54, 1.807) is 31.1 Å². The van der Waals surface area contributed by atoms with E-state index in [1.165, 1.54) is 12.1 Å². The summed E-state index contributed by atoms with van der Waals surface area (Å²) in [6.45, 7) is 2.62. The van der Waals surface area contributed by atoms with E-state index in [9.17, 15) is 18.4 Å². The number of aromatic nitrogens is 3. The van der Waals surface area contributed by atoms with Gasteiger partial charge in [-0.2, -0.15) is 15.2 Å². The quantitative estimate of drug-likeness (QED) is 0.190. The lowest BCUT2D eigenvalue weighted by molar-refractivity contribution is 0.0146. The third kappa shape index (κ3) is 6.31. The molecule has 1 atom stereocenters. The van der Waals surface area contributed by atoms with Crippen LogP contribution >= 0.6 is 22.9 Å². The Morgan fingerprint density at radius 3 is 2.59 bits per heavy atom. The third-order valence-corrected chi connectivity index (χ3v) is 9.85. The molecule has 5 heterocycles. The van der Waals surface area contributed by atoms with Gasteiger partial charge in [0.15, 0.2) is 11.6 Å². The van der Waals surface area contributed by atoms with Crippen LogP contribution in [0.5, 0.6) is 11.8 Å². The Kier molecular flexibility index (Phi) is 9.31. The second kappa shape index (κ2) is 13.3. The SMILES string of the molecule is CCOc1nc2c3c(c(Cl)c(-c4ccc(F)c5sc(N)c(C#N)c45)c(F)c3n1)OCC(Cc1cccnc1N)N2C.CN1CCC(F)(F)C1. The van der Waals surface area contributed by atoms with E-state index in [0.29, 0.717) is 24.6 Å². The Morgan fingerprint density at radius 2 is 1.96 bits per heavy atom. The minimum Gasteiger partial charge on any atom is -0.489 e. The predicted molar refractivity (Wildman–Crippen MR) is 183 cm³/mol. The average Bonchev–Trinajstić information content (AvgIpc) is 3.53. The summed E-state index contributed by atoms with van der Waals surface area (Å²) in [5.74, 6) is -2.89. The number of ether oxygens (including phenoxy) is 2. The summed E-state index contributed by atoms with van der Waals surface area (Å²) >= 11 is 7.83. The van der Waals surface area contributed by atoms with Crippen molar-refractivity contribution in [1.29, 1.82) is 5.26 Å². The summed E-state index contributed by atoms with van der Waals surface area (Å²) in [7, 11) is 3.52. The molecule has 1 saturated heterocycles. The van der Waals surface area contributed by atoms with Crippen LogP contribution in [0, 0.1) is 23.0 Å². The number of hydrogen-bond donors (Lipinski definition) is 2. The van der Waals surface area contributed by atoms with E-state index in [0.717, 1.165) is 16.9 Å². The number of halogens is 5. The van der Waals surface area contributed by atoms with Gasteiger partial charge in [-0.15, -0.1) is 11.3 Å². The summed E-state index contributed by atoms with van der Waals surface area (Å²) in [5.41, 5.74) is 13.0. The lowest BCUT2D eigenvalue weighted by Crippen LogP contribution is -2.38. The van der Waals surface area contributed by atoms with Crippen molar-refractivity contribution >= 4 is 60.6 Å². The van der Waals surface area contributed by atoms with Crippen LogP contribution in [0.4, 0.5) is 34.2 Å². The van der Waals surface area contributed by atoms with Crippen molar-refractivity contribution in [2.75, 3.05) is 56.8 Å². The van der Waals surface area contributed by atoms with E-state index >= 15 is 4.39 Å². The molecule has 256 valence electrons. The van der Waals surface area contributed by atoms with Crippen molar-refractivity contribution in [2.24, 2.45) is 0 Å². The number of likely N-dealkylation sites (tertiary alicyclic amines) is 1. The van der Waals surface area contributed by atoms with Gasteiger partial charge < -0.3 is 30.7 Å². The van der Waals surface area contributed by atoms with E-state index in [1.807, 2.05) is 24.1 Å². The predicted octanol–water partition coefficient (Wildman–Crippen LogP) is 6.67. The average molecular weight is 715 g/mol. The normalized spacial score (nSPS) is 17.0. The molecule has 3 aromatic heterocycles. The fraction of sp³-hybridized carbons (Fsp3) is 0.333. The van der Waals surface area contributed by atoms with Crippen molar-refractivity contribution in [2.45, 2.75) is 31.7 Å². The Hall–Kier alpha value is -4.65. The van der Waals surface area contributed by atoms with Crippen molar-refractivity contribution in [3.63, 3.8) is 0 Å². The third-order valence-electron chi connectivity index (χ3n) is 8.46. The highest BCUT2D eigenvalue weighted by Gasteiger charge is 2.36. The van der Waals surface area contributed by atoms with Gasteiger partial charge in [-0.05, 0) is 43.7 Å². The fourth-order valence-electron chi connectivity index (χ4n) is 6.01. The minimum atomic E-state index is -2.41. The highest BCUT2D eigenvalue weighted by atomic mass is 35.5. The van der Waals surface area contributed by atoms with Gasteiger partial charge in [-0.3, -0.25) is 0 Å². The van der Waals surface area contributed by atoms with Crippen LogP contribution in [0.3, 0.4) is 0 Å². The fourth-order valence-corrected chi connectivity index (χ4v) is 7.29. The number of rotatable bonds is 5. The maximum atomic E-state index is 16.7. The molecule has 7 rings (SSSR count). The topological polar surface area (TPSA) is 139 Å². The largest absolute Gasteiger partial charge is 0.489 e. The minimum absolute atomic E-state index is 0.0312. The van der Waals surface area contributed by atoms with Gasteiger partial charge in [0.05, 0.1) is 39.9 Å². The Morgan fingerprint density at radius 1 is 1.18 bits per heavy atom. The van der Waals surface area contributed by atoms with Gasteiger partial charge in [0, 0.05) is 37.2 Å². The monoisotopic (exact) mass is 714 g/mol. The highest BCUT2D eigenvalue weighted by Crippen LogP contribution is 2.51. The van der Waals surface area contributed by atoms with E-state index in [4.69, 9.17) is 32.5 Å². The number of nitrogen functional groups attached to an aromatic ring is 2. The first-order valence-corrected chi connectivity index (χ1v) is 16.4. The molecule has 2 aliphatic rings. The van der Waals surface area contributed by atoms with Gasteiger partial charge in [-0.1, -0.05) is 23.7 Å². The molecule has 0 saturated carbocycles. The number of nitriles is 1. The lowest BCUT2D eigenvalue weighted by atomic mass is 9.96. The molecule has 1 fully saturated rings. The molecule has 0 radical (unpaired) electrons. The van der Waals surface area contributed by atoms with Crippen molar-refractivity contribution < 1.29 is 27.0 Å². The summed E-state index contributed by atoms with van der Waals surface area (Å²) in [6.07, 6.45) is 2.09. The molecule has 0 bridgehead atoms. The van der Waals surface area contributed by atoms with E-state index < -0.39 is 17.6 Å². The lowest BCUT2D eigenvalue weighted by Gasteiger charge is -2.27. The van der Waals surface area contributed by atoms with Crippen LogP contribution in [0.1, 0.15) is 24.5 Å². The van der Waals surface area contributed by atoms with Gasteiger partial charge in [0.2, 0.25) is 0 Å². The molecule has 0 spiro atoms. The summed E-state index contributed by atoms with van der Waals surface area (Å²) < 4.78 is 67.8. The molecular formula is C33H31ClF4N8O2S. The molecule has 0 aliphatic carbocycles. The number of fused-ring (bicyclic) bond motifs is 1. The highest BCUT2D eigenvalue weighted by molar-refractivity contribution is 7.23. The number of alkyl halides is 2. The second-order valence-corrected chi connectivity index (χ2v) is 13.2. The Labute approximate surface area is 287 Å². The molecule has 10 nitrogen and oxygen atoms in total. The molecule has 4 N–H and O–H groups in total. The number of nitrogens with zero attached hydrogens (tertiary/aromatic N) is 6. The first-order chi connectivity index (χ1) is 23.3. The van der Waals surface area contributed by atoms with Crippen molar-refractivity contribution in [3.8, 4) is 29.0 Å². The zero-order valence-corrected chi connectivity index (χ0v) is 28.2. The van der Waals surface area contributed by atoms with Crippen LogP contribution in [-0.4, -0.2) is 72.2 Å². The number of hydrogen-bond acceptors (Lipinski definition) is 11. The number of anilines is 3. The zero-order chi connectivity index (χ0) is 35.2. The zero-order valence-electron chi connectivity index (χ0n) is 26.7. The molecule has 16 heteroatoms. The van der Waals surface area contributed by atoms with Crippen LogP contribution < -0.4 is 25.8 Å². The maximum absolute atomic E-state index is 16.7. The Balaban J connectivity index is 0.000000459. The number of pyridine rings is 1. The summed E-state index contributed by atoms with van der Waals surface area (Å²) in [6, 6.07) is 7.90. The molecule has 2 aliphatic heterocycles. The van der Waals surface area contributed by atoms with E-state index in [-0.39, 0.29) is 91.7 Å². The van der Waals surface area contributed by atoms with Crippen molar-refractivity contribution in [3.05, 3.63) is 58.2 Å². The molecule has 2 aromatic carbocycles. The first kappa shape index (κ1) is 34.2. The van der Waals surface area contributed by atoms with Crippen LogP contribution in [0.2, 0.25) is 5.02 Å². The smallest absolute Gasteiger partial charge is 0.319 e. The maximum Gasteiger partial charge on any atom is 0.319 e. The Bertz CT molecular complexity index is 2130. The van der Waals surface area contributed by atoms with Crippen LogP contribution in [0.15, 0.2) is 30.5 Å². The number of benzene rings is 2. The van der Waals surface area contributed by atoms with Gasteiger partial charge in [0.25, 0.3) is 5.92 Å². The molecule has 0 amide bonds. The summed E-state index contributed by atoms with van der Waals surface area (Å²) in [4.78, 5) is 16.6. The van der Waals surface area contributed by atoms with Gasteiger partial charge in [0.1, 0.15) is 40.6 Å². The van der Waals surface area contributed by atoms with Crippen LogP contribution in [0.25, 0.3) is 32.1 Å². The first-order valence-electron chi connectivity index (χ1n) is 15.2. The molecule has 49 heavy (non-hydrogen) atoms. The molecular weight excluding hydrogens is 684 g/mol. The molecule has 1 unspecified atom stereocenters. The van der Waals surface area contributed by atoms with Gasteiger partial charge >= 0.3 is 6.01 Å². The standard InChI is InChI=1S/C28H22ClF2N7O2S.C5H9F2N/c1-3-39-28-36-22-19-23(40-11-13(38(2)27(19)37-28)9-12-5-4-8-35-25(12)33)20(29)18(21(22)31)14-6-7-16(30)24-17(14)15(10-32)26(34)41-24;1-8-3-2-5(6,7)4-8/h4-8,13H,3,9,11,34H2,1-2H3,(H2,33,35);2-4H2,1H3. The van der Waals surface area contributed by atoms with Gasteiger partial charge in [-0.25, -0.2) is 22.5 Å². The second-order valence-electron chi connectivity index (χ2n) is 11.7. The number of nitrogens with two attached hydrogens (primary N) is 2. The molecule has 5 aromatic rings. The number of likely N-dealkylation sites (N-methyl/N-ethyl adjacent to an activating group) is 1. The van der Waals surface area contributed by atoms with E-state index in [2.05, 4.69) is 15.0 Å². The summed E-state index contributed by atoms with van der Waals surface area (Å²) in [5, 5.41) is 10.3. The van der Waals surface area contributed by atoms with Crippen molar-refractivity contribution in [1.82, 2.24) is 19.9 Å². The van der Waals surface area contributed by atoms with Crippen LogP contribution in [-0.2, 0) is 6.42 Å². The number of thiophene rings is 1.